The minimum absolute atomic E-state index is 0.0215. The van der Waals surface area contributed by atoms with Gasteiger partial charge in [0.2, 0.25) is 5.91 Å². The van der Waals surface area contributed by atoms with E-state index in [1.807, 2.05) is 13.8 Å². The van der Waals surface area contributed by atoms with Crippen LogP contribution in [0, 0.1) is 0 Å². The monoisotopic (exact) mass is 221 g/mol. The van der Waals surface area contributed by atoms with Gasteiger partial charge in [-0.05, 0) is 5.25 Å². The molecule has 0 radical (unpaired) electrons. The fourth-order valence-electron chi connectivity index (χ4n) is 0.932. The van der Waals surface area contributed by atoms with Crippen molar-refractivity contribution in [2.75, 3.05) is 32.1 Å². The van der Waals surface area contributed by atoms with Gasteiger partial charge in [0.15, 0.2) is 0 Å². The smallest absolute Gasteiger partial charge is 0.232 e. The van der Waals surface area contributed by atoms with Crippen LogP contribution < -0.4 is 0 Å². The summed E-state index contributed by atoms with van der Waals surface area (Å²) in [6, 6.07) is 0. The molecule has 2 N–H and O–H groups in total. The Morgan fingerprint density at radius 1 is 1.29 bits per heavy atom. The number of hydrogen-bond donors (Lipinski definition) is 2. The second-order valence-corrected chi connectivity index (χ2v) is 4.75. The van der Waals surface area contributed by atoms with Crippen molar-refractivity contribution in [2.24, 2.45) is 0 Å². The lowest BCUT2D eigenvalue weighted by molar-refractivity contribution is -0.129. The van der Waals surface area contributed by atoms with Gasteiger partial charge in [-0.25, -0.2) is 0 Å². The van der Waals surface area contributed by atoms with E-state index in [0.29, 0.717) is 24.1 Å². The minimum atomic E-state index is -0.0575. The number of amides is 1. The van der Waals surface area contributed by atoms with Crippen LogP contribution in [0.5, 0.6) is 0 Å². The standard InChI is InChI=1S/C9H19NO3S/c1-8(2)14-7-9(13)10(3-5-11)4-6-12/h8,11-12H,3-7H2,1-2H3. The van der Waals surface area contributed by atoms with Crippen LogP contribution in [0.1, 0.15) is 13.8 Å². The van der Waals surface area contributed by atoms with E-state index in [0.717, 1.165) is 0 Å². The number of carbonyl (C=O) groups is 1. The summed E-state index contributed by atoms with van der Waals surface area (Å²) in [6.07, 6.45) is 0. The van der Waals surface area contributed by atoms with Crippen molar-refractivity contribution in [3.05, 3.63) is 0 Å². The van der Waals surface area contributed by atoms with Crippen LogP contribution in [-0.4, -0.2) is 58.3 Å². The van der Waals surface area contributed by atoms with Gasteiger partial charge in [0.1, 0.15) is 0 Å². The Hall–Kier alpha value is -0.260. The predicted molar refractivity (Wildman–Crippen MR) is 58.3 cm³/mol. The molecule has 4 nitrogen and oxygen atoms in total. The molecule has 0 aromatic carbocycles. The van der Waals surface area contributed by atoms with E-state index in [4.69, 9.17) is 10.2 Å². The Kier molecular flexibility index (Phi) is 7.93. The molecule has 0 saturated carbocycles. The number of nitrogens with zero attached hydrogens (tertiary/aromatic N) is 1. The second-order valence-electron chi connectivity index (χ2n) is 3.19. The Balaban J connectivity index is 3.88. The summed E-state index contributed by atoms with van der Waals surface area (Å²) in [5, 5.41) is 17.8. The van der Waals surface area contributed by atoms with Gasteiger partial charge in [0.25, 0.3) is 0 Å². The summed E-state index contributed by atoms with van der Waals surface area (Å²) in [5.74, 6) is 0.393. The topological polar surface area (TPSA) is 60.8 Å². The molecule has 0 spiro atoms. The lowest BCUT2D eigenvalue weighted by atomic mass is 10.4. The molecule has 0 aliphatic heterocycles. The van der Waals surface area contributed by atoms with Crippen molar-refractivity contribution in [3.8, 4) is 0 Å². The fraction of sp³-hybridized carbons (Fsp3) is 0.889. The first-order chi connectivity index (χ1) is 6.61. The first-order valence-corrected chi connectivity index (χ1v) is 5.77. The number of aliphatic hydroxyl groups is 2. The summed E-state index contributed by atoms with van der Waals surface area (Å²) in [5.41, 5.74) is 0. The summed E-state index contributed by atoms with van der Waals surface area (Å²) < 4.78 is 0. The van der Waals surface area contributed by atoms with E-state index < -0.39 is 0 Å². The first kappa shape index (κ1) is 13.7. The molecule has 0 aliphatic rings. The SMILES string of the molecule is CC(C)SCC(=O)N(CCO)CCO. The van der Waals surface area contributed by atoms with Gasteiger partial charge in [-0.3, -0.25) is 4.79 Å². The third-order valence-electron chi connectivity index (χ3n) is 1.63. The average Bonchev–Trinajstić information content (AvgIpc) is 2.14. The number of rotatable bonds is 7. The van der Waals surface area contributed by atoms with Gasteiger partial charge >= 0.3 is 0 Å². The molecule has 1 amide bonds. The molecule has 14 heavy (non-hydrogen) atoms. The third kappa shape index (κ3) is 6.23. The Bertz CT molecular complexity index is 158. The summed E-state index contributed by atoms with van der Waals surface area (Å²) in [6.45, 7) is 4.55. The molecular weight excluding hydrogens is 202 g/mol. The maximum atomic E-state index is 11.5. The maximum absolute atomic E-state index is 11.5. The molecule has 0 aliphatic carbocycles. The van der Waals surface area contributed by atoms with Crippen molar-refractivity contribution in [2.45, 2.75) is 19.1 Å². The molecule has 0 rings (SSSR count). The van der Waals surface area contributed by atoms with Gasteiger partial charge in [0.05, 0.1) is 19.0 Å². The van der Waals surface area contributed by atoms with Crippen molar-refractivity contribution in [1.82, 2.24) is 4.90 Å². The molecule has 0 heterocycles. The van der Waals surface area contributed by atoms with Crippen molar-refractivity contribution in [3.63, 3.8) is 0 Å². The molecule has 0 aromatic heterocycles. The van der Waals surface area contributed by atoms with Crippen LogP contribution in [-0.2, 0) is 4.79 Å². The number of hydrogen-bond acceptors (Lipinski definition) is 4. The highest BCUT2D eigenvalue weighted by molar-refractivity contribution is 8.00. The van der Waals surface area contributed by atoms with Crippen LogP contribution in [0.4, 0.5) is 0 Å². The predicted octanol–water partition coefficient (Wildman–Crippen LogP) is -0.0588. The first-order valence-electron chi connectivity index (χ1n) is 4.73. The zero-order valence-electron chi connectivity index (χ0n) is 8.77. The minimum Gasteiger partial charge on any atom is -0.395 e. The molecule has 0 aromatic rings. The molecule has 0 bridgehead atoms. The van der Waals surface area contributed by atoms with Crippen LogP contribution in [0.25, 0.3) is 0 Å². The Morgan fingerprint density at radius 2 is 1.79 bits per heavy atom. The Labute approximate surface area is 89.3 Å². The molecule has 0 fully saturated rings. The van der Waals surface area contributed by atoms with E-state index >= 15 is 0 Å². The normalized spacial score (nSPS) is 10.6. The number of carbonyl (C=O) groups excluding carboxylic acids is 1. The largest absolute Gasteiger partial charge is 0.395 e. The maximum Gasteiger partial charge on any atom is 0.232 e. The number of thioether (sulfide) groups is 1. The van der Waals surface area contributed by atoms with E-state index in [2.05, 4.69) is 0 Å². The van der Waals surface area contributed by atoms with E-state index in [1.165, 1.54) is 4.90 Å². The lowest BCUT2D eigenvalue weighted by Gasteiger charge is -2.20. The molecule has 0 atom stereocenters. The highest BCUT2D eigenvalue weighted by atomic mass is 32.2. The lowest BCUT2D eigenvalue weighted by Crippen LogP contribution is -2.37. The van der Waals surface area contributed by atoms with Crippen LogP contribution in [0.15, 0.2) is 0 Å². The van der Waals surface area contributed by atoms with Gasteiger partial charge in [0, 0.05) is 13.1 Å². The summed E-state index contributed by atoms with van der Waals surface area (Å²) in [4.78, 5) is 13.0. The molecular formula is C9H19NO3S. The quantitative estimate of drug-likeness (QED) is 0.632. The fourth-order valence-corrected chi connectivity index (χ4v) is 1.59. The van der Waals surface area contributed by atoms with Gasteiger partial charge < -0.3 is 15.1 Å². The van der Waals surface area contributed by atoms with Crippen LogP contribution in [0.2, 0.25) is 0 Å². The van der Waals surface area contributed by atoms with Gasteiger partial charge in [-0.15, -0.1) is 11.8 Å². The molecule has 84 valence electrons. The van der Waals surface area contributed by atoms with E-state index in [9.17, 15) is 4.79 Å². The van der Waals surface area contributed by atoms with Crippen molar-refractivity contribution in [1.29, 1.82) is 0 Å². The van der Waals surface area contributed by atoms with E-state index in [1.54, 1.807) is 11.8 Å². The molecule has 5 heteroatoms. The average molecular weight is 221 g/mol. The summed E-state index contributed by atoms with van der Waals surface area (Å²) in [7, 11) is 0. The van der Waals surface area contributed by atoms with Crippen molar-refractivity contribution < 1.29 is 15.0 Å². The zero-order valence-corrected chi connectivity index (χ0v) is 9.59. The second kappa shape index (κ2) is 8.08. The van der Waals surface area contributed by atoms with Gasteiger partial charge in [-0.1, -0.05) is 13.8 Å². The Morgan fingerprint density at radius 3 is 2.14 bits per heavy atom. The summed E-state index contributed by atoms with van der Waals surface area (Å²) >= 11 is 1.56. The van der Waals surface area contributed by atoms with Crippen LogP contribution >= 0.6 is 11.8 Å². The molecule has 0 unspecified atom stereocenters. The van der Waals surface area contributed by atoms with Crippen LogP contribution in [0.3, 0.4) is 0 Å². The third-order valence-corrected chi connectivity index (χ3v) is 2.71. The van der Waals surface area contributed by atoms with Crippen molar-refractivity contribution >= 4 is 17.7 Å². The molecule has 0 saturated heterocycles. The number of aliphatic hydroxyl groups excluding tert-OH is 2. The highest BCUT2D eigenvalue weighted by Gasteiger charge is 2.12. The van der Waals surface area contributed by atoms with E-state index in [-0.39, 0.29) is 19.1 Å². The van der Waals surface area contributed by atoms with Gasteiger partial charge in [-0.2, -0.15) is 0 Å². The zero-order chi connectivity index (χ0) is 11.0. The highest BCUT2D eigenvalue weighted by Crippen LogP contribution is 2.09.